The van der Waals surface area contributed by atoms with Gasteiger partial charge in [-0.1, -0.05) is 11.8 Å². The number of hydrogen-bond donors (Lipinski definition) is 1. The molecule has 10 heteroatoms. The second kappa shape index (κ2) is 6.27. The number of nitrogens with zero attached hydrogens (tertiary/aromatic N) is 4. The van der Waals surface area contributed by atoms with Gasteiger partial charge >= 0.3 is 5.97 Å². The Balaban J connectivity index is 2.15. The van der Waals surface area contributed by atoms with E-state index in [0.29, 0.717) is 0 Å². The van der Waals surface area contributed by atoms with E-state index in [1.807, 2.05) is 0 Å². The van der Waals surface area contributed by atoms with Crippen molar-refractivity contribution >= 4 is 33.7 Å². The Bertz CT molecular complexity index is 652. The molecule has 1 heterocycles. The van der Waals surface area contributed by atoms with E-state index < -0.39 is 24.1 Å². The van der Waals surface area contributed by atoms with Crippen LogP contribution in [0.2, 0.25) is 0 Å². The SMILES string of the molecule is O=C(O)Cn1nnnc1SCc1c(F)ccc(Br)c1F. The number of aliphatic carboxylic acids is 1. The number of thioether (sulfide) groups is 1. The van der Waals surface area contributed by atoms with Gasteiger partial charge in [-0.05, 0) is 38.5 Å². The molecule has 106 valence electrons. The van der Waals surface area contributed by atoms with Gasteiger partial charge in [-0.3, -0.25) is 4.79 Å². The van der Waals surface area contributed by atoms with Crippen LogP contribution in [-0.4, -0.2) is 31.3 Å². The summed E-state index contributed by atoms with van der Waals surface area (Å²) in [5, 5.41) is 19.3. The first kappa shape index (κ1) is 14.9. The first-order valence-corrected chi connectivity index (χ1v) is 7.00. The van der Waals surface area contributed by atoms with Crippen LogP contribution in [0.25, 0.3) is 0 Å². The fraction of sp³-hybridized carbons (Fsp3) is 0.200. The van der Waals surface area contributed by atoms with E-state index in [1.165, 1.54) is 6.07 Å². The van der Waals surface area contributed by atoms with Gasteiger partial charge in [0.05, 0.1) is 4.47 Å². The molecule has 0 radical (unpaired) electrons. The summed E-state index contributed by atoms with van der Waals surface area (Å²) in [6.45, 7) is -0.418. The largest absolute Gasteiger partial charge is 0.480 e. The average Bonchev–Trinajstić information content (AvgIpc) is 2.81. The number of aromatic nitrogens is 4. The second-order valence-corrected chi connectivity index (χ2v) is 5.42. The molecule has 0 amide bonds. The molecule has 6 nitrogen and oxygen atoms in total. The minimum absolute atomic E-state index is 0.0584. The van der Waals surface area contributed by atoms with Crippen molar-refractivity contribution in [2.75, 3.05) is 0 Å². The van der Waals surface area contributed by atoms with E-state index in [1.54, 1.807) is 0 Å². The Morgan fingerprint density at radius 3 is 2.90 bits per heavy atom. The van der Waals surface area contributed by atoms with Crippen LogP contribution in [0.4, 0.5) is 8.78 Å². The fourth-order valence-electron chi connectivity index (χ4n) is 1.37. The van der Waals surface area contributed by atoms with Crippen molar-refractivity contribution in [1.82, 2.24) is 20.2 Å². The number of halogens is 3. The first-order valence-electron chi connectivity index (χ1n) is 5.22. The predicted octanol–water partition coefficient (Wildman–Crippen LogP) is 2.09. The van der Waals surface area contributed by atoms with E-state index >= 15 is 0 Å². The summed E-state index contributed by atoms with van der Waals surface area (Å²) in [5.41, 5.74) is -0.130. The van der Waals surface area contributed by atoms with Gasteiger partial charge in [-0.15, -0.1) is 5.10 Å². The van der Waals surface area contributed by atoms with E-state index in [2.05, 4.69) is 31.5 Å². The Morgan fingerprint density at radius 2 is 2.20 bits per heavy atom. The molecular formula is C10H7BrF2N4O2S. The van der Waals surface area contributed by atoms with Gasteiger partial charge in [0.15, 0.2) is 0 Å². The summed E-state index contributed by atoms with van der Waals surface area (Å²) < 4.78 is 28.5. The van der Waals surface area contributed by atoms with Gasteiger partial charge in [-0.2, -0.15) is 0 Å². The van der Waals surface area contributed by atoms with E-state index in [4.69, 9.17) is 5.11 Å². The van der Waals surface area contributed by atoms with E-state index in [9.17, 15) is 13.6 Å². The third-order valence-electron chi connectivity index (χ3n) is 2.27. The molecule has 0 unspecified atom stereocenters. The van der Waals surface area contributed by atoms with Crippen molar-refractivity contribution < 1.29 is 18.7 Å². The molecule has 1 aromatic carbocycles. The maximum absolute atomic E-state index is 13.7. The van der Waals surface area contributed by atoms with Crippen molar-refractivity contribution in [1.29, 1.82) is 0 Å². The fourth-order valence-corrected chi connectivity index (χ4v) is 2.62. The maximum Gasteiger partial charge on any atom is 0.325 e. The number of benzene rings is 1. The minimum atomic E-state index is -1.11. The van der Waals surface area contributed by atoms with Crippen LogP contribution in [0.3, 0.4) is 0 Å². The zero-order valence-corrected chi connectivity index (χ0v) is 12.2. The van der Waals surface area contributed by atoms with Gasteiger partial charge in [0.25, 0.3) is 0 Å². The summed E-state index contributed by atoms with van der Waals surface area (Å²) in [6, 6.07) is 2.41. The van der Waals surface area contributed by atoms with Crippen molar-refractivity contribution in [3.8, 4) is 0 Å². The van der Waals surface area contributed by atoms with Crippen molar-refractivity contribution in [3.63, 3.8) is 0 Å². The summed E-state index contributed by atoms with van der Waals surface area (Å²) >= 11 is 3.92. The molecule has 0 bridgehead atoms. The molecule has 0 saturated carbocycles. The summed E-state index contributed by atoms with van der Waals surface area (Å²) in [5.74, 6) is -2.55. The zero-order chi connectivity index (χ0) is 14.7. The van der Waals surface area contributed by atoms with Crippen LogP contribution in [0.15, 0.2) is 21.8 Å². The average molecular weight is 365 g/mol. The number of carbonyl (C=O) groups is 1. The van der Waals surface area contributed by atoms with E-state index in [0.717, 1.165) is 22.5 Å². The quantitative estimate of drug-likeness (QED) is 0.646. The molecule has 0 aliphatic heterocycles. The molecule has 1 N–H and O–H groups in total. The Kier molecular flexibility index (Phi) is 4.65. The molecule has 0 aliphatic carbocycles. The highest BCUT2D eigenvalue weighted by atomic mass is 79.9. The minimum Gasteiger partial charge on any atom is -0.480 e. The normalized spacial score (nSPS) is 10.8. The second-order valence-electron chi connectivity index (χ2n) is 3.62. The molecule has 0 aliphatic rings. The Hall–Kier alpha value is -1.55. The van der Waals surface area contributed by atoms with Crippen LogP contribution in [-0.2, 0) is 17.1 Å². The first-order chi connectivity index (χ1) is 9.49. The summed E-state index contributed by atoms with van der Waals surface area (Å²) in [6.07, 6.45) is 0. The lowest BCUT2D eigenvalue weighted by Crippen LogP contribution is -2.11. The molecule has 2 aromatic rings. The van der Waals surface area contributed by atoms with Gasteiger partial charge < -0.3 is 5.11 Å². The molecule has 0 fully saturated rings. The van der Waals surface area contributed by atoms with Crippen LogP contribution in [0, 0.1) is 11.6 Å². The number of carboxylic acids is 1. The molecule has 0 spiro atoms. The third kappa shape index (κ3) is 3.31. The van der Waals surface area contributed by atoms with E-state index in [-0.39, 0.29) is 20.9 Å². The number of tetrazole rings is 1. The van der Waals surface area contributed by atoms with Crippen LogP contribution in [0.5, 0.6) is 0 Å². The van der Waals surface area contributed by atoms with Gasteiger partial charge in [0.2, 0.25) is 5.16 Å². The maximum atomic E-state index is 13.7. The Morgan fingerprint density at radius 1 is 1.45 bits per heavy atom. The number of hydrogen-bond acceptors (Lipinski definition) is 5. The Labute approximate surface area is 124 Å². The summed E-state index contributed by atoms with van der Waals surface area (Å²) in [4.78, 5) is 10.6. The number of carboxylic acid groups (broad SMARTS) is 1. The highest BCUT2D eigenvalue weighted by Gasteiger charge is 2.15. The van der Waals surface area contributed by atoms with Gasteiger partial charge in [0.1, 0.15) is 18.2 Å². The van der Waals surface area contributed by atoms with Gasteiger partial charge in [0, 0.05) is 11.3 Å². The third-order valence-corrected chi connectivity index (χ3v) is 3.86. The van der Waals surface area contributed by atoms with Crippen molar-refractivity contribution in [2.45, 2.75) is 17.5 Å². The lowest BCUT2D eigenvalue weighted by Gasteiger charge is -2.06. The monoisotopic (exact) mass is 364 g/mol. The lowest BCUT2D eigenvalue weighted by atomic mass is 10.2. The molecule has 2 rings (SSSR count). The topological polar surface area (TPSA) is 80.9 Å². The highest BCUT2D eigenvalue weighted by molar-refractivity contribution is 9.10. The molecule has 20 heavy (non-hydrogen) atoms. The smallest absolute Gasteiger partial charge is 0.325 e. The van der Waals surface area contributed by atoms with Crippen LogP contribution in [0.1, 0.15) is 5.56 Å². The lowest BCUT2D eigenvalue weighted by molar-refractivity contribution is -0.138. The molecule has 1 aromatic heterocycles. The summed E-state index contributed by atoms with van der Waals surface area (Å²) in [7, 11) is 0. The van der Waals surface area contributed by atoms with Crippen molar-refractivity contribution in [3.05, 3.63) is 33.8 Å². The highest BCUT2D eigenvalue weighted by Crippen LogP contribution is 2.27. The van der Waals surface area contributed by atoms with Gasteiger partial charge in [-0.25, -0.2) is 13.5 Å². The molecule has 0 saturated heterocycles. The van der Waals surface area contributed by atoms with Crippen molar-refractivity contribution in [2.24, 2.45) is 0 Å². The predicted molar refractivity (Wildman–Crippen MR) is 69.1 cm³/mol. The van der Waals surface area contributed by atoms with Crippen LogP contribution >= 0.6 is 27.7 Å². The zero-order valence-electron chi connectivity index (χ0n) is 9.76. The van der Waals surface area contributed by atoms with Crippen LogP contribution < -0.4 is 0 Å². The molecular weight excluding hydrogens is 358 g/mol. The molecule has 0 atom stereocenters. The number of rotatable bonds is 5. The standard InChI is InChI=1S/C10H7BrF2N4O2S/c11-6-1-2-7(12)5(9(6)13)4-20-10-14-15-16-17(10)3-8(18)19/h1-2H,3-4H2,(H,18,19).